The Hall–Kier alpha value is -1.42. The van der Waals surface area contributed by atoms with Crippen molar-refractivity contribution in [3.05, 3.63) is 35.5 Å². The molecule has 4 aliphatic rings. The molecule has 23 heavy (non-hydrogen) atoms. The van der Waals surface area contributed by atoms with Gasteiger partial charge in [-0.2, -0.15) is 0 Å². The summed E-state index contributed by atoms with van der Waals surface area (Å²) in [7, 11) is 0. The second kappa shape index (κ2) is 5.90. The Morgan fingerprint density at radius 2 is 2.26 bits per heavy atom. The maximum atomic E-state index is 11.4. The zero-order valence-electron chi connectivity index (χ0n) is 13.5. The monoisotopic (exact) mass is 337 g/mol. The fraction of sp³-hybridized carbons (Fsp3) is 0.611. The minimum absolute atomic E-state index is 0. The summed E-state index contributed by atoms with van der Waals surface area (Å²) in [5, 5.41) is 9.37. The van der Waals surface area contributed by atoms with Crippen LogP contribution in [0.1, 0.15) is 51.9 Å². The van der Waals surface area contributed by atoms with E-state index in [1.165, 1.54) is 24.1 Å². The maximum absolute atomic E-state index is 11.4. The van der Waals surface area contributed by atoms with Gasteiger partial charge in [-0.1, -0.05) is 12.5 Å². The summed E-state index contributed by atoms with van der Waals surface area (Å²) in [6, 6.07) is 0. The van der Waals surface area contributed by atoms with Crippen LogP contribution in [0.2, 0.25) is 0 Å². The molecule has 0 radical (unpaired) electrons. The van der Waals surface area contributed by atoms with E-state index < -0.39 is 11.9 Å². The Bertz CT molecular complexity index is 609. The molecule has 0 aromatic rings. The molecule has 1 spiro atoms. The highest BCUT2D eigenvalue weighted by Gasteiger charge is 2.54. The van der Waals surface area contributed by atoms with Crippen molar-refractivity contribution in [2.45, 2.75) is 58.0 Å². The molecule has 5 heteroatoms. The van der Waals surface area contributed by atoms with Gasteiger partial charge in [0.15, 0.2) is 0 Å². The van der Waals surface area contributed by atoms with Gasteiger partial charge < -0.3 is 14.7 Å². The van der Waals surface area contributed by atoms with Crippen molar-refractivity contribution >= 4 is 18.4 Å². The Kier molecular flexibility index (Phi) is 4.21. The molecule has 0 aromatic carbocycles. The van der Waals surface area contributed by atoms with Crippen molar-refractivity contribution in [2.24, 2.45) is 11.3 Å². The van der Waals surface area contributed by atoms with E-state index in [1.54, 1.807) is 6.92 Å². The number of halogens is 1. The predicted octanol–water partition coefficient (Wildman–Crippen LogP) is 4.20. The average Bonchev–Trinajstić information content (AvgIpc) is 2.91. The molecule has 1 saturated heterocycles. The average molecular weight is 338 g/mol. The van der Waals surface area contributed by atoms with Crippen LogP contribution in [0.3, 0.4) is 0 Å². The van der Waals surface area contributed by atoms with Gasteiger partial charge in [0.2, 0.25) is 0 Å². The lowest BCUT2D eigenvalue weighted by molar-refractivity contribution is -0.144. The molecule has 0 bridgehead atoms. The molecular formula is C18H24ClNO3. The molecule has 3 atom stereocenters. The van der Waals surface area contributed by atoms with Crippen LogP contribution >= 0.6 is 12.4 Å². The Balaban J connectivity index is 0.00000156. The molecule has 1 saturated carbocycles. The van der Waals surface area contributed by atoms with Crippen LogP contribution in [0, 0.1) is 11.3 Å². The summed E-state index contributed by atoms with van der Waals surface area (Å²) in [6.45, 7) is 1.77. The minimum atomic E-state index is -0.757. The first-order chi connectivity index (χ1) is 10.6. The number of fused-ring (bicyclic) bond motifs is 1. The largest absolute Gasteiger partial charge is 0.491 e. The fourth-order valence-corrected chi connectivity index (χ4v) is 4.49. The van der Waals surface area contributed by atoms with Gasteiger partial charge in [0.25, 0.3) is 0 Å². The summed E-state index contributed by atoms with van der Waals surface area (Å²) in [4.78, 5) is 13.6. The number of ether oxygens (including phenoxy) is 1. The van der Waals surface area contributed by atoms with E-state index >= 15 is 0 Å². The molecule has 3 aliphatic heterocycles. The van der Waals surface area contributed by atoms with Crippen molar-refractivity contribution in [3.63, 3.8) is 0 Å². The van der Waals surface area contributed by atoms with Crippen molar-refractivity contribution in [3.8, 4) is 0 Å². The first kappa shape index (κ1) is 16.4. The first-order valence-corrected chi connectivity index (χ1v) is 8.41. The Morgan fingerprint density at radius 3 is 3.04 bits per heavy atom. The van der Waals surface area contributed by atoms with E-state index in [2.05, 4.69) is 23.4 Å². The molecule has 0 amide bonds. The normalized spacial score (nSPS) is 32.8. The lowest BCUT2D eigenvalue weighted by atomic mass is 9.65. The van der Waals surface area contributed by atoms with Crippen LogP contribution in [-0.4, -0.2) is 22.1 Å². The van der Waals surface area contributed by atoms with Crippen LogP contribution in [0.5, 0.6) is 0 Å². The Morgan fingerprint density at radius 1 is 1.43 bits per heavy atom. The van der Waals surface area contributed by atoms with Crippen LogP contribution in [0.4, 0.5) is 0 Å². The topological polar surface area (TPSA) is 49.8 Å². The molecule has 2 fully saturated rings. The molecule has 1 N–H and O–H groups in total. The van der Waals surface area contributed by atoms with Gasteiger partial charge in [0.1, 0.15) is 11.9 Å². The lowest BCUT2D eigenvalue weighted by Gasteiger charge is -2.43. The SMILES string of the molecule is CC(C(=O)O)C1CC23CCCCC2=CN2C=CCCC2=C3O1.Cl. The smallest absolute Gasteiger partial charge is 0.309 e. The number of hydrogen-bond donors (Lipinski definition) is 1. The van der Waals surface area contributed by atoms with Gasteiger partial charge in [-0.25, -0.2) is 0 Å². The predicted molar refractivity (Wildman–Crippen MR) is 89.8 cm³/mol. The minimum Gasteiger partial charge on any atom is -0.491 e. The molecule has 0 aromatic heterocycles. The van der Waals surface area contributed by atoms with Crippen molar-refractivity contribution in [1.82, 2.24) is 4.90 Å². The summed E-state index contributed by atoms with van der Waals surface area (Å²) in [6.07, 6.45) is 14.0. The first-order valence-electron chi connectivity index (χ1n) is 8.41. The standard InChI is InChI=1S/C18H23NO3.ClH/c1-12(17(20)21)15-10-18-8-4-2-6-13(18)11-19-9-5-3-7-14(19)16(18)22-15;/h5,9,11-12,15H,2-4,6-8,10H2,1H3,(H,20,21);1H. The summed E-state index contributed by atoms with van der Waals surface area (Å²) in [5.74, 6) is -0.122. The molecular weight excluding hydrogens is 314 g/mol. The highest BCUT2D eigenvalue weighted by Crippen LogP contribution is 2.59. The summed E-state index contributed by atoms with van der Waals surface area (Å²) >= 11 is 0. The van der Waals surface area contributed by atoms with Gasteiger partial charge in [0, 0.05) is 18.8 Å². The molecule has 1 aliphatic carbocycles. The number of carboxylic acid groups (broad SMARTS) is 1. The fourth-order valence-electron chi connectivity index (χ4n) is 4.49. The van der Waals surface area contributed by atoms with E-state index in [9.17, 15) is 9.90 Å². The number of nitrogens with zero attached hydrogens (tertiary/aromatic N) is 1. The van der Waals surface area contributed by atoms with Gasteiger partial charge in [-0.05, 0) is 44.6 Å². The van der Waals surface area contributed by atoms with E-state index in [4.69, 9.17) is 4.74 Å². The quantitative estimate of drug-likeness (QED) is 0.820. The molecule has 4 rings (SSSR count). The second-order valence-electron chi connectivity index (χ2n) is 7.04. The van der Waals surface area contributed by atoms with Crippen molar-refractivity contribution in [1.29, 1.82) is 0 Å². The van der Waals surface area contributed by atoms with E-state index in [0.717, 1.165) is 37.9 Å². The van der Waals surface area contributed by atoms with Crippen LogP contribution in [0.15, 0.2) is 35.5 Å². The summed E-state index contributed by atoms with van der Waals surface area (Å²) < 4.78 is 6.30. The van der Waals surface area contributed by atoms with Crippen LogP contribution < -0.4 is 0 Å². The molecule has 126 valence electrons. The molecule has 3 unspecified atom stereocenters. The Labute approximate surface area is 143 Å². The van der Waals surface area contributed by atoms with E-state index in [0.29, 0.717) is 0 Å². The number of aliphatic carboxylic acids is 1. The van der Waals surface area contributed by atoms with E-state index in [1.807, 2.05) is 0 Å². The number of carbonyl (C=O) groups is 1. The second-order valence-corrected chi connectivity index (χ2v) is 7.04. The van der Waals surface area contributed by atoms with Gasteiger partial charge in [0.05, 0.1) is 17.0 Å². The maximum Gasteiger partial charge on any atom is 0.309 e. The number of allylic oxidation sites excluding steroid dienone is 3. The molecule has 3 heterocycles. The van der Waals surface area contributed by atoms with Crippen LogP contribution in [0.25, 0.3) is 0 Å². The van der Waals surface area contributed by atoms with Gasteiger partial charge in [-0.3, -0.25) is 4.79 Å². The van der Waals surface area contributed by atoms with E-state index in [-0.39, 0.29) is 23.9 Å². The van der Waals surface area contributed by atoms with Gasteiger partial charge >= 0.3 is 5.97 Å². The number of rotatable bonds is 2. The third-order valence-corrected chi connectivity index (χ3v) is 5.80. The zero-order valence-corrected chi connectivity index (χ0v) is 14.3. The van der Waals surface area contributed by atoms with Gasteiger partial charge in [-0.15, -0.1) is 12.4 Å². The highest BCUT2D eigenvalue weighted by atomic mass is 35.5. The third kappa shape index (κ3) is 2.38. The van der Waals surface area contributed by atoms with Crippen molar-refractivity contribution in [2.75, 3.05) is 0 Å². The molecule has 4 nitrogen and oxygen atoms in total. The number of hydrogen-bond acceptors (Lipinski definition) is 3. The lowest BCUT2D eigenvalue weighted by Crippen LogP contribution is -2.34. The number of carboxylic acids is 1. The van der Waals surface area contributed by atoms with Crippen molar-refractivity contribution < 1.29 is 14.6 Å². The highest BCUT2D eigenvalue weighted by molar-refractivity contribution is 5.85. The van der Waals surface area contributed by atoms with Crippen LogP contribution in [-0.2, 0) is 9.53 Å². The summed E-state index contributed by atoms with van der Waals surface area (Å²) in [5.41, 5.74) is 2.70. The third-order valence-electron chi connectivity index (χ3n) is 5.80. The zero-order chi connectivity index (χ0) is 15.3.